The Morgan fingerprint density at radius 2 is 1.91 bits per heavy atom. The largest absolute Gasteiger partial charge is 0.488 e. The van der Waals surface area contributed by atoms with Gasteiger partial charge in [0.15, 0.2) is 6.10 Å². The number of halogens is 1. The van der Waals surface area contributed by atoms with Gasteiger partial charge in [-0.1, -0.05) is 24.3 Å². The van der Waals surface area contributed by atoms with Gasteiger partial charge in [-0.2, -0.15) is 0 Å². The van der Waals surface area contributed by atoms with Crippen molar-refractivity contribution in [3.8, 4) is 11.5 Å². The number of hydrogen-bond donors (Lipinski definition) is 0. The van der Waals surface area contributed by atoms with Gasteiger partial charge >= 0.3 is 5.97 Å². The van der Waals surface area contributed by atoms with Crippen LogP contribution in [0.3, 0.4) is 0 Å². The fourth-order valence-corrected chi connectivity index (χ4v) is 2.83. The van der Waals surface area contributed by atoms with Gasteiger partial charge in [0.05, 0.1) is 9.13 Å². The molecule has 0 bridgehead atoms. The number of para-hydroxylation sites is 2. The van der Waals surface area contributed by atoms with E-state index in [0.29, 0.717) is 18.1 Å². The third-order valence-corrected chi connectivity index (χ3v) is 4.15. The van der Waals surface area contributed by atoms with Gasteiger partial charge in [0, 0.05) is 13.0 Å². The summed E-state index contributed by atoms with van der Waals surface area (Å²) >= 11 is 2.22. The molecule has 1 heterocycles. The Labute approximate surface area is 148 Å². The van der Waals surface area contributed by atoms with Gasteiger partial charge in [0.2, 0.25) is 0 Å². The van der Waals surface area contributed by atoms with Crippen LogP contribution in [0.5, 0.6) is 11.5 Å². The quantitative estimate of drug-likeness (QED) is 0.552. The molecule has 118 valence electrons. The van der Waals surface area contributed by atoms with Crippen LogP contribution in [-0.2, 0) is 9.53 Å². The summed E-state index contributed by atoms with van der Waals surface area (Å²) in [7, 11) is 0. The molecule has 0 saturated heterocycles. The normalized spacial score (nSPS) is 15.9. The lowest BCUT2D eigenvalue weighted by molar-refractivity contribution is -0.134. The highest BCUT2D eigenvalue weighted by atomic mass is 127. The maximum Gasteiger partial charge on any atom is 0.308 e. The number of hydrogen-bond acceptors (Lipinski definition) is 4. The minimum absolute atomic E-state index is 0.324. The molecule has 0 spiro atoms. The van der Waals surface area contributed by atoms with Crippen LogP contribution >= 0.6 is 22.6 Å². The average Bonchev–Trinajstić information content (AvgIpc) is 2.53. The van der Waals surface area contributed by atoms with Crippen molar-refractivity contribution in [1.82, 2.24) is 0 Å². The lowest BCUT2D eigenvalue weighted by atomic mass is 10.1. The first-order valence-electron chi connectivity index (χ1n) is 7.17. The highest BCUT2D eigenvalue weighted by molar-refractivity contribution is 14.1. The summed E-state index contributed by atoms with van der Waals surface area (Å²) < 4.78 is 18.1. The second kappa shape index (κ2) is 7.04. The summed E-state index contributed by atoms with van der Waals surface area (Å²) in [5.41, 5.74) is 0.772. The molecule has 4 nitrogen and oxygen atoms in total. The molecule has 0 saturated carbocycles. The predicted octanol–water partition coefficient (Wildman–Crippen LogP) is 4.04. The van der Waals surface area contributed by atoms with Gasteiger partial charge in [-0.25, -0.2) is 0 Å². The Balaban J connectivity index is 1.78. The van der Waals surface area contributed by atoms with Gasteiger partial charge in [-0.05, 0) is 46.9 Å². The first-order chi connectivity index (χ1) is 11.1. The van der Waals surface area contributed by atoms with Crippen molar-refractivity contribution in [3.05, 3.63) is 63.7 Å². The maximum atomic E-state index is 11.3. The Kier molecular flexibility index (Phi) is 4.85. The Morgan fingerprint density at radius 3 is 2.70 bits per heavy atom. The summed E-state index contributed by atoms with van der Waals surface area (Å²) in [5, 5.41) is 0. The van der Waals surface area contributed by atoms with E-state index in [4.69, 9.17) is 14.2 Å². The first-order valence-corrected chi connectivity index (χ1v) is 8.25. The molecule has 0 amide bonds. The average molecular weight is 422 g/mol. The zero-order valence-corrected chi connectivity index (χ0v) is 14.6. The summed E-state index contributed by atoms with van der Waals surface area (Å²) in [6.07, 6.45) is 1.45. The van der Waals surface area contributed by atoms with Crippen LogP contribution in [-0.4, -0.2) is 18.7 Å². The smallest absolute Gasteiger partial charge is 0.308 e. The predicted molar refractivity (Wildman–Crippen MR) is 95.3 cm³/mol. The van der Waals surface area contributed by atoms with Crippen molar-refractivity contribution in [2.45, 2.75) is 13.0 Å². The fraction of sp³-hybridized carbons (Fsp3) is 0.167. The van der Waals surface area contributed by atoms with E-state index in [-0.39, 0.29) is 12.1 Å². The molecular weight excluding hydrogens is 407 g/mol. The fourth-order valence-electron chi connectivity index (χ4n) is 2.29. The highest BCUT2D eigenvalue weighted by Crippen LogP contribution is 2.32. The molecule has 0 fully saturated rings. The van der Waals surface area contributed by atoms with E-state index in [2.05, 4.69) is 22.6 Å². The van der Waals surface area contributed by atoms with Crippen LogP contribution in [0.4, 0.5) is 0 Å². The van der Waals surface area contributed by atoms with Crippen LogP contribution in [0, 0.1) is 3.57 Å². The number of rotatable bonds is 4. The van der Waals surface area contributed by atoms with Crippen molar-refractivity contribution < 1.29 is 19.0 Å². The van der Waals surface area contributed by atoms with Gasteiger partial charge in [0.1, 0.15) is 23.9 Å². The van der Waals surface area contributed by atoms with E-state index >= 15 is 0 Å². The van der Waals surface area contributed by atoms with Gasteiger partial charge < -0.3 is 14.2 Å². The third kappa shape index (κ3) is 3.85. The zero-order valence-electron chi connectivity index (χ0n) is 12.5. The minimum atomic E-state index is -0.356. The summed E-state index contributed by atoms with van der Waals surface area (Å²) in [6, 6.07) is 15.3. The van der Waals surface area contributed by atoms with Crippen molar-refractivity contribution in [1.29, 1.82) is 0 Å². The first kappa shape index (κ1) is 15.9. The Morgan fingerprint density at radius 1 is 1.17 bits per heavy atom. The topological polar surface area (TPSA) is 44.8 Å². The van der Waals surface area contributed by atoms with Crippen LogP contribution in [0.2, 0.25) is 0 Å². The zero-order chi connectivity index (χ0) is 16.2. The number of carbonyl (C=O) groups excluding carboxylic acids is 1. The minimum Gasteiger partial charge on any atom is -0.488 e. The van der Waals surface area contributed by atoms with Gasteiger partial charge in [-0.3, -0.25) is 4.79 Å². The van der Waals surface area contributed by atoms with Crippen molar-refractivity contribution in [2.75, 3.05) is 6.61 Å². The van der Waals surface area contributed by atoms with E-state index in [9.17, 15) is 4.79 Å². The number of ether oxygens (including phenoxy) is 3. The molecule has 23 heavy (non-hydrogen) atoms. The van der Waals surface area contributed by atoms with E-state index in [1.54, 1.807) is 6.08 Å². The number of esters is 1. The monoisotopic (exact) mass is 422 g/mol. The van der Waals surface area contributed by atoms with Crippen LogP contribution in [0.15, 0.2) is 54.6 Å². The number of carbonyl (C=O) groups is 1. The third-order valence-electron chi connectivity index (χ3n) is 3.26. The molecule has 3 rings (SSSR count). The molecular formula is C18H15IO4. The molecule has 2 aromatic rings. The molecule has 0 radical (unpaired) electrons. The molecule has 5 heteroatoms. The molecule has 2 aromatic carbocycles. The van der Waals surface area contributed by atoms with Crippen molar-refractivity contribution in [2.24, 2.45) is 0 Å². The van der Waals surface area contributed by atoms with E-state index in [0.717, 1.165) is 14.9 Å². The number of benzene rings is 2. The highest BCUT2D eigenvalue weighted by Gasteiger charge is 2.23. The van der Waals surface area contributed by atoms with Crippen LogP contribution < -0.4 is 9.47 Å². The standard InChI is InChI=1S/C18H15IO4/c1-12(20)22-18-10-13(23-16-8-4-2-6-14(16)18)11-21-17-9-5-3-7-15(17)19/h2-10,13H,11H2,1H3. The molecule has 1 unspecified atom stereocenters. The van der Waals surface area contributed by atoms with Crippen molar-refractivity contribution in [3.63, 3.8) is 0 Å². The molecule has 1 atom stereocenters. The SMILES string of the molecule is CC(=O)OC1=CC(COc2ccccc2I)Oc2ccccc21. The van der Waals surface area contributed by atoms with E-state index in [1.807, 2.05) is 48.5 Å². The Bertz CT molecular complexity index is 754. The lowest BCUT2D eigenvalue weighted by Gasteiger charge is -2.25. The summed E-state index contributed by atoms with van der Waals surface area (Å²) in [6.45, 7) is 1.72. The molecule has 1 aliphatic rings. The molecule has 1 aliphatic heterocycles. The molecule has 0 aromatic heterocycles. The summed E-state index contributed by atoms with van der Waals surface area (Å²) in [5.74, 6) is 1.64. The van der Waals surface area contributed by atoms with E-state index < -0.39 is 0 Å². The van der Waals surface area contributed by atoms with Gasteiger partial charge in [0.25, 0.3) is 0 Å². The van der Waals surface area contributed by atoms with Crippen molar-refractivity contribution >= 4 is 34.3 Å². The van der Waals surface area contributed by atoms with Crippen LogP contribution in [0.25, 0.3) is 5.76 Å². The summed E-state index contributed by atoms with van der Waals surface area (Å²) in [4.78, 5) is 11.3. The van der Waals surface area contributed by atoms with Gasteiger partial charge in [-0.15, -0.1) is 0 Å². The molecule has 0 aliphatic carbocycles. The van der Waals surface area contributed by atoms with Crippen LogP contribution in [0.1, 0.15) is 12.5 Å². The Hall–Kier alpha value is -2.02. The maximum absolute atomic E-state index is 11.3. The van der Waals surface area contributed by atoms with E-state index in [1.165, 1.54) is 6.92 Å². The second-order valence-corrected chi connectivity index (χ2v) is 6.18. The second-order valence-electron chi connectivity index (χ2n) is 5.02. The molecule has 0 N–H and O–H groups in total. The number of fused-ring (bicyclic) bond motifs is 1. The lowest BCUT2D eigenvalue weighted by Crippen LogP contribution is -2.26.